The third kappa shape index (κ3) is 2.17. The van der Waals surface area contributed by atoms with Crippen molar-refractivity contribution in [2.45, 2.75) is 6.54 Å². The normalized spacial score (nSPS) is 9.75. The zero-order valence-electron chi connectivity index (χ0n) is 8.79. The molecule has 2 heterocycles. The maximum absolute atomic E-state index is 8.60. The van der Waals surface area contributed by atoms with Crippen molar-refractivity contribution in [3.63, 3.8) is 0 Å². The van der Waals surface area contributed by atoms with Gasteiger partial charge in [0, 0.05) is 19.2 Å². The minimum atomic E-state index is 0.320. The highest BCUT2D eigenvalue weighted by atomic mass is 16.3. The Bertz CT molecular complexity index is 484. The highest BCUT2D eigenvalue weighted by Gasteiger charge is 2.04. The highest BCUT2D eigenvalue weighted by molar-refractivity contribution is 5.36. The van der Waals surface area contributed by atoms with Gasteiger partial charge in [-0.1, -0.05) is 0 Å². The molecule has 0 aliphatic rings. The third-order valence-electron chi connectivity index (χ3n) is 2.14. The van der Waals surface area contributed by atoms with E-state index in [0.29, 0.717) is 12.2 Å². The molecule has 0 radical (unpaired) electrons. The molecule has 0 aliphatic heterocycles. The molecular formula is C11H10N4O. The summed E-state index contributed by atoms with van der Waals surface area (Å²) in [6, 6.07) is 3.83. The first-order valence-corrected chi connectivity index (χ1v) is 4.74. The van der Waals surface area contributed by atoms with E-state index in [9.17, 15) is 0 Å². The Morgan fingerprint density at radius 3 is 2.88 bits per heavy atom. The van der Waals surface area contributed by atoms with E-state index in [2.05, 4.69) is 9.97 Å². The Hall–Kier alpha value is -2.35. The van der Waals surface area contributed by atoms with Crippen molar-refractivity contribution in [2.24, 2.45) is 0 Å². The lowest BCUT2D eigenvalue weighted by Crippen LogP contribution is -2.17. The molecule has 16 heavy (non-hydrogen) atoms. The van der Waals surface area contributed by atoms with Gasteiger partial charge in [0.1, 0.15) is 11.9 Å². The number of nitrogens with zero attached hydrogens (tertiary/aromatic N) is 4. The predicted octanol–water partition coefficient (Wildman–Crippen LogP) is 1.58. The molecule has 2 aromatic heterocycles. The van der Waals surface area contributed by atoms with Crippen molar-refractivity contribution in [3.8, 4) is 6.07 Å². The quantitative estimate of drug-likeness (QED) is 0.776. The van der Waals surface area contributed by atoms with Crippen LogP contribution in [-0.2, 0) is 6.54 Å². The SMILES string of the molecule is CN(Cc1ccoc1)c1cnc(C#N)cn1. The van der Waals surface area contributed by atoms with E-state index in [0.717, 1.165) is 11.4 Å². The first-order valence-electron chi connectivity index (χ1n) is 4.74. The number of furan rings is 1. The summed E-state index contributed by atoms with van der Waals surface area (Å²) in [6.45, 7) is 0.692. The van der Waals surface area contributed by atoms with Crippen molar-refractivity contribution < 1.29 is 4.42 Å². The predicted molar refractivity (Wildman–Crippen MR) is 57.6 cm³/mol. The van der Waals surface area contributed by atoms with Crippen LogP contribution in [0.5, 0.6) is 0 Å². The number of anilines is 1. The fourth-order valence-electron chi connectivity index (χ4n) is 1.31. The molecule has 0 aromatic carbocycles. The summed E-state index contributed by atoms with van der Waals surface area (Å²) in [4.78, 5) is 10.0. The van der Waals surface area contributed by atoms with Gasteiger partial charge in [0.05, 0.1) is 24.9 Å². The molecular weight excluding hydrogens is 204 g/mol. The molecule has 0 amide bonds. The summed E-state index contributed by atoms with van der Waals surface area (Å²) in [5.74, 6) is 0.722. The summed E-state index contributed by atoms with van der Waals surface area (Å²) in [6.07, 6.45) is 6.36. The van der Waals surface area contributed by atoms with Crippen molar-refractivity contribution in [2.75, 3.05) is 11.9 Å². The zero-order chi connectivity index (χ0) is 11.4. The fourth-order valence-corrected chi connectivity index (χ4v) is 1.31. The maximum atomic E-state index is 8.60. The van der Waals surface area contributed by atoms with Crippen LogP contribution in [0, 0.1) is 11.3 Å². The molecule has 0 fully saturated rings. The van der Waals surface area contributed by atoms with Crippen LogP contribution >= 0.6 is 0 Å². The third-order valence-corrected chi connectivity index (χ3v) is 2.14. The van der Waals surface area contributed by atoms with E-state index < -0.39 is 0 Å². The minimum Gasteiger partial charge on any atom is -0.472 e. The van der Waals surface area contributed by atoms with Gasteiger partial charge in [-0.3, -0.25) is 0 Å². The van der Waals surface area contributed by atoms with E-state index in [1.54, 1.807) is 18.7 Å². The Kier molecular flexibility index (Phi) is 2.83. The van der Waals surface area contributed by atoms with Crippen LogP contribution < -0.4 is 4.90 Å². The molecule has 2 rings (SSSR count). The van der Waals surface area contributed by atoms with Crippen molar-refractivity contribution in [1.29, 1.82) is 5.26 Å². The summed E-state index contributed by atoms with van der Waals surface area (Å²) in [5, 5.41) is 8.60. The van der Waals surface area contributed by atoms with E-state index in [4.69, 9.17) is 9.68 Å². The van der Waals surface area contributed by atoms with Gasteiger partial charge in [-0.25, -0.2) is 9.97 Å². The maximum Gasteiger partial charge on any atom is 0.158 e. The van der Waals surface area contributed by atoms with Crippen LogP contribution in [0.3, 0.4) is 0 Å². The van der Waals surface area contributed by atoms with Gasteiger partial charge in [0.25, 0.3) is 0 Å². The molecule has 0 spiro atoms. The Morgan fingerprint density at radius 2 is 2.31 bits per heavy atom. The van der Waals surface area contributed by atoms with E-state index in [-0.39, 0.29) is 0 Å². The van der Waals surface area contributed by atoms with Crippen LogP contribution in [0.1, 0.15) is 11.3 Å². The van der Waals surface area contributed by atoms with Crippen LogP contribution in [-0.4, -0.2) is 17.0 Å². The lowest BCUT2D eigenvalue weighted by Gasteiger charge is -2.16. The number of aromatic nitrogens is 2. The average Bonchev–Trinajstić information content (AvgIpc) is 2.82. The van der Waals surface area contributed by atoms with Crippen LogP contribution in [0.25, 0.3) is 0 Å². The number of hydrogen-bond donors (Lipinski definition) is 0. The molecule has 0 saturated heterocycles. The van der Waals surface area contributed by atoms with Crippen molar-refractivity contribution in [3.05, 3.63) is 42.2 Å². The van der Waals surface area contributed by atoms with Gasteiger partial charge >= 0.3 is 0 Å². The Balaban J connectivity index is 2.09. The fraction of sp³-hybridized carbons (Fsp3) is 0.182. The van der Waals surface area contributed by atoms with Crippen LogP contribution in [0.4, 0.5) is 5.82 Å². The lowest BCUT2D eigenvalue weighted by atomic mass is 10.3. The summed E-state index contributed by atoms with van der Waals surface area (Å²) >= 11 is 0. The van der Waals surface area contributed by atoms with Crippen LogP contribution in [0.15, 0.2) is 35.4 Å². The number of rotatable bonds is 3. The van der Waals surface area contributed by atoms with Gasteiger partial charge < -0.3 is 9.32 Å². The monoisotopic (exact) mass is 214 g/mol. The molecule has 0 N–H and O–H groups in total. The first kappa shape index (κ1) is 10.2. The second-order valence-electron chi connectivity index (χ2n) is 3.36. The molecule has 0 unspecified atom stereocenters. The lowest BCUT2D eigenvalue weighted by molar-refractivity contribution is 0.563. The molecule has 0 saturated carbocycles. The summed E-state index contributed by atoms with van der Waals surface area (Å²) < 4.78 is 4.98. The van der Waals surface area contributed by atoms with Crippen LogP contribution in [0.2, 0.25) is 0 Å². The molecule has 0 bridgehead atoms. The number of nitriles is 1. The minimum absolute atomic E-state index is 0.320. The standard InChI is InChI=1S/C11H10N4O/c1-15(7-9-2-3-16-8-9)11-6-13-10(4-12)5-14-11/h2-3,5-6,8H,7H2,1H3. The molecule has 5 nitrogen and oxygen atoms in total. The summed E-state index contributed by atoms with van der Waals surface area (Å²) in [5.41, 5.74) is 1.38. The van der Waals surface area contributed by atoms with Gasteiger partial charge in [-0.05, 0) is 6.07 Å². The van der Waals surface area contributed by atoms with Gasteiger partial charge in [0.15, 0.2) is 5.69 Å². The molecule has 0 atom stereocenters. The van der Waals surface area contributed by atoms with Crippen molar-refractivity contribution in [1.82, 2.24) is 9.97 Å². The van der Waals surface area contributed by atoms with Gasteiger partial charge in [-0.15, -0.1) is 0 Å². The first-order chi connectivity index (χ1) is 7.79. The van der Waals surface area contributed by atoms with Gasteiger partial charge in [0.2, 0.25) is 0 Å². The van der Waals surface area contributed by atoms with Crippen molar-refractivity contribution >= 4 is 5.82 Å². The number of hydrogen-bond acceptors (Lipinski definition) is 5. The molecule has 0 aliphatic carbocycles. The average molecular weight is 214 g/mol. The molecule has 5 heteroatoms. The zero-order valence-corrected chi connectivity index (χ0v) is 8.79. The van der Waals surface area contributed by atoms with E-state index in [1.165, 1.54) is 6.20 Å². The van der Waals surface area contributed by atoms with E-state index >= 15 is 0 Å². The Labute approximate surface area is 93.0 Å². The Morgan fingerprint density at radius 1 is 1.44 bits per heavy atom. The highest BCUT2D eigenvalue weighted by Crippen LogP contribution is 2.11. The second-order valence-corrected chi connectivity index (χ2v) is 3.36. The molecule has 80 valence electrons. The smallest absolute Gasteiger partial charge is 0.158 e. The summed E-state index contributed by atoms with van der Waals surface area (Å²) in [7, 11) is 1.91. The largest absolute Gasteiger partial charge is 0.472 e. The van der Waals surface area contributed by atoms with Gasteiger partial charge in [-0.2, -0.15) is 5.26 Å². The molecule has 2 aromatic rings. The topological polar surface area (TPSA) is 66.0 Å². The van der Waals surface area contributed by atoms with E-state index in [1.807, 2.05) is 24.1 Å². The second kappa shape index (κ2) is 4.45.